The number of hydrogen-bond donors (Lipinski definition) is 2. The van der Waals surface area contributed by atoms with Crippen molar-refractivity contribution in [2.24, 2.45) is 5.92 Å². The van der Waals surface area contributed by atoms with Crippen molar-refractivity contribution in [3.8, 4) is 11.5 Å². The van der Waals surface area contributed by atoms with Crippen molar-refractivity contribution in [3.63, 3.8) is 0 Å². The monoisotopic (exact) mass is 493 g/mol. The van der Waals surface area contributed by atoms with Crippen LogP contribution in [-0.2, 0) is 14.8 Å². The molecular weight excluding hydrogens is 465 g/mol. The summed E-state index contributed by atoms with van der Waals surface area (Å²) in [5.74, 6) is -1.40. The van der Waals surface area contributed by atoms with Gasteiger partial charge in [0.05, 0.1) is 13.2 Å². The van der Waals surface area contributed by atoms with Gasteiger partial charge in [-0.1, -0.05) is 12.1 Å². The van der Waals surface area contributed by atoms with E-state index in [4.69, 9.17) is 9.47 Å². The predicted octanol–water partition coefficient (Wildman–Crippen LogP) is 2.48. The summed E-state index contributed by atoms with van der Waals surface area (Å²) in [6, 6.07) is 9.86. The standard InChI is InChI=1S/C23H28FN3O6S/c1-15(2)33-19-9-8-17(14-20(19)32-3)23(29)26-25-22(28)16-10-12-27(13-11-16)34(30,31)21-7-5-4-6-18(21)24/h4-9,14-16H,10-13H2,1-3H3,(H,25,28)(H,26,29). The molecule has 2 N–H and O–H groups in total. The van der Waals surface area contributed by atoms with E-state index in [1.54, 1.807) is 12.1 Å². The molecule has 184 valence electrons. The Balaban J connectivity index is 1.55. The van der Waals surface area contributed by atoms with Crippen LogP contribution in [0, 0.1) is 11.7 Å². The Morgan fingerprint density at radius 1 is 1.06 bits per heavy atom. The predicted molar refractivity (Wildman–Crippen MR) is 122 cm³/mol. The van der Waals surface area contributed by atoms with Gasteiger partial charge in [0, 0.05) is 24.6 Å². The van der Waals surface area contributed by atoms with Gasteiger partial charge in [0.2, 0.25) is 15.9 Å². The van der Waals surface area contributed by atoms with Gasteiger partial charge >= 0.3 is 0 Å². The van der Waals surface area contributed by atoms with Crippen LogP contribution in [0.3, 0.4) is 0 Å². The lowest BCUT2D eigenvalue weighted by Crippen LogP contribution is -2.48. The van der Waals surface area contributed by atoms with E-state index in [9.17, 15) is 22.4 Å². The van der Waals surface area contributed by atoms with E-state index < -0.39 is 33.6 Å². The maximum atomic E-state index is 14.0. The number of rotatable bonds is 7. The Morgan fingerprint density at radius 2 is 1.74 bits per heavy atom. The summed E-state index contributed by atoms with van der Waals surface area (Å²) >= 11 is 0. The van der Waals surface area contributed by atoms with Gasteiger partial charge < -0.3 is 9.47 Å². The van der Waals surface area contributed by atoms with Crippen molar-refractivity contribution in [2.75, 3.05) is 20.2 Å². The molecule has 1 fully saturated rings. The van der Waals surface area contributed by atoms with Crippen LogP contribution in [0.1, 0.15) is 37.0 Å². The number of methoxy groups -OCH3 is 1. The average Bonchev–Trinajstić information content (AvgIpc) is 2.82. The number of benzene rings is 2. The van der Waals surface area contributed by atoms with E-state index >= 15 is 0 Å². The van der Waals surface area contributed by atoms with Gasteiger partial charge in [-0.2, -0.15) is 4.31 Å². The zero-order valence-electron chi connectivity index (χ0n) is 19.2. The van der Waals surface area contributed by atoms with Crippen molar-refractivity contribution < 1.29 is 31.9 Å². The van der Waals surface area contributed by atoms with Gasteiger partial charge in [0.1, 0.15) is 10.7 Å². The van der Waals surface area contributed by atoms with Gasteiger partial charge in [-0.05, 0) is 57.0 Å². The van der Waals surface area contributed by atoms with Gasteiger partial charge in [-0.15, -0.1) is 0 Å². The fourth-order valence-electron chi connectivity index (χ4n) is 3.60. The third-order valence-corrected chi connectivity index (χ3v) is 7.30. The molecule has 2 aromatic carbocycles. The topological polar surface area (TPSA) is 114 Å². The highest BCUT2D eigenvalue weighted by Crippen LogP contribution is 2.29. The SMILES string of the molecule is COc1cc(C(=O)NNC(=O)C2CCN(S(=O)(=O)c3ccccc3F)CC2)ccc1OC(C)C. The van der Waals surface area contributed by atoms with E-state index in [0.717, 1.165) is 6.07 Å². The summed E-state index contributed by atoms with van der Waals surface area (Å²) in [6.45, 7) is 3.87. The lowest BCUT2D eigenvalue weighted by atomic mass is 9.98. The van der Waals surface area contributed by atoms with Crippen molar-refractivity contribution in [1.82, 2.24) is 15.2 Å². The highest BCUT2D eigenvalue weighted by Gasteiger charge is 2.33. The number of halogens is 1. The quantitative estimate of drug-likeness (QED) is 0.573. The Kier molecular flexibility index (Phi) is 8.11. The van der Waals surface area contributed by atoms with Crippen molar-refractivity contribution >= 4 is 21.8 Å². The molecule has 0 spiro atoms. The first-order valence-corrected chi connectivity index (χ1v) is 12.3. The smallest absolute Gasteiger partial charge is 0.269 e. The molecule has 0 radical (unpaired) electrons. The molecule has 3 rings (SSSR count). The molecule has 0 aromatic heterocycles. The van der Waals surface area contributed by atoms with Crippen molar-refractivity contribution in [1.29, 1.82) is 0 Å². The maximum Gasteiger partial charge on any atom is 0.269 e. The molecule has 0 bridgehead atoms. The number of hydrogen-bond acceptors (Lipinski definition) is 6. The van der Waals surface area contributed by atoms with E-state index in [0.29, 0.717) is 11.5 Å². The van der Waals surface area contributed by atoms with Crippen LogP contribution in [0.25, 0.3) is 0 Å². The molecule has 2 amide bonds. The summed E-state index contributed by atoms with van der Waals surface area (Å²) in [7, 11) is -2.52. The molecule has 0 atom stereocenters. The number of carbonyl (C=O) groups excluding carboxylic acids is 2. The lowest BCUT2D eigenvalue weighted by molar-refractivity contribution is -0.126. The zero-order chi connectivity index (χ0) is 24.9. The Bertz CT molecular complexity index is 1150. The number of sulfonamides is 1. The molecule has 1 aliphatic heterocycles. The zero-order valence-corrected chi connectivity index (χ0v) is 20.0. The molecule has 0 aliphatic carbocycles. The van der Waals surface area contributed by atoms with Crippen LogP contribution in [0.5, 0.6) is 11.5 Å². The van der Waals surface area contributed by atoms with Gasteiger partial charge in [0.25, 0.3) is 5.91 Å². The first-order chi connectivity index (χ1) is 16.1. The first-order valence-electron chi connectivity index (χ1n) is 10.8. The number of piperidine rings is 1. The molecule has 0 saturated carbocycles. The van der Waals surface area contributed by atoms with Crippen LogP contribution >= 0.6 is 0 Å². The second-order valence-electron chi connectivity index (χ2n) is 8.08. The summed E-state index contributed by atoms with van der Waals surface area (Å²) < 4.78 is 51.4. The molecule has 0 unspecified atom stereocenters. The number of ether oxygens (including phenoxy) is 2. The lowest BCUT2D eigenvalue weighted by Gasteiger charge is -2.30. The van der Waals surface area contributed by atoms with Crippen molar-refractivity contribution in [3.05, 3.63) is 53.8 Å². The molecule has 1 saturated heterocycles. The fraction of sp³-hybridized carbons (Fsp3) is 0.391. The van der Waals surface area contributed by atoms with E-state index in [1.165, 1.54) is 35.7 Å². The number of nitrogens with zero attached hydrogens (tertiary/aromatic N) is 1. The number of hydrazine groups is 1. The fourth-order valence-corrected chi connectivity index (χ4v) is 5.14. The van der Waals surface area contributed by atoms with Gasteiger partial charge in [-0.3, -0.25) is 20.4 Å². The molecular formula is C23H28FN3O6S. The Morgan fingerprint density at radius 3 is 2.35 bits per heavy atom. The Hall–Kier alpha value is -3.18. The van der Waals surface area contributed by atoms with Crippen LogP contribution in [0.4, 0.5) is 4.39 Å². The molecule has 11 heteroatoms. The minimum absolute atomic E-state index is 0.0667. The van der Waals surface area contributed by atoms with E-state index in [-0.39, 0.29) is 42.5 Å². The maximum absolute atomic E-state index is 14.0. The highest BCUT2D eigenvalue weighted by atomic mass is 32.2. The van der Waals surface area contributed by atoms with E-state index in [2.05, 4.69) is 10.9 Å². The van der Waals surface area contributed by atoms with Crippen LogP contribution in [0.15, 0.2) is 47.4 Å². The summed E-state index contributed by atoms with van der Waals surface area (Å²) in [5.41, 5.74) is 5.02. The van der Waals surface area contributed by atoms with Gasteiger partial charge in [0.15, 0.2) is 11.5 Å². The number of amides is 2. The molecule has 1 heterocycles. The second-order valence-corrected chi connectivity index (χ2v) is 9.99. The Labute approximate surface area is 198 Å². The molecule has 1 aliphatic rings. The van der Waals surface area contributed by atoms with E-state index in [1.807, 2.05) is 13.8 Å². The third-order valence-electron chi connectivity index (χ3n) is 5.37. The summed E-state index contributed by atoms with van der Waals surface area (Å²) in [4.78, 5) is 24.6. The van der Waals surface area contributed by atoms with Gasteiger partial charge in [-0.25, -0.2) is 12.8 Å². The minimum atomic E-state index is -3.99. The highest BCUT2D eigenvalue weighted by molar-refractivity contribution is 7.89. The molecule has 9 nitrogen and oxygen atoms in total. The molecule has 2 aromatic rings. The third kappa shape index (κ3) is 5.84. The normalized spacial score (nSPS) is 15.1. The summed E-state index contributed by atoms with van der Waals surface area (Å²) in [6.07, 6.45) is 0.413. The minimum Gasteiger partial charge on any atom is -0.493 e. The largest absolute Gasteiger partial charge is 0.493 e. The summed E-state index contributed by atoms with van der Waals surface area (Å²) in [5, 5.41) is 0. The first kappa shape index (κ1) is 25.4. The van der Waals surface area contributed by atoms with Crippen LogP contribution < -0.4 is 20.3 Å². The molecule has 34 heavy (non-hydrogen) atoms. The van der Waals surface area contributed by atoms with Crippen molar-refractivity contribution in [2.45, 2.75) is 37.7 Å². The number of nitrogens with one attached hydrogen (secondary N) is 2. The van der Waals surface area contributed by atoms with Crippen LogP contribution in [0.2, 0.25) is 0 Å². The average molecular weight is 494 g/mol. The number of carbonyl (C=O) groups is 2. The second kappa shape index (κ2) is 10.8. The van der Waals surface area contributed by atoms with Crippen LogP contribution in [-0.4, -0.2) is 50.8 Å².